The van der Waals surface area contributed by atoms with Gasteiger partial charge in [0.1, 0.15) is 5.75 Å². The van der Waals surface area contributed by atoms with Crippen LogP contribution in [0.3, 0.4) is 0 Å². The fraction of sp³-hybridized carbons (Fsp3) is 0.278. The van der Waals surface area contributed by atoms with Gasteiger partial charge >= 0.3 is 6.61 Å². The van der Waals surface area contributed by atoms with Crippen molar-refractivity contribution in [1.82, 2.24) is 0 Å². The lowest BCUT2D eigenvalue weighted by Crippen LogP contribution is -2.23. The number of benzene rings is 2. The molecular weight excluding hydrogens is 344 g/mol. The minimum atomic E-state index is -2.97. The maximum absolute atomic E-state index is 12.7. The maximum atomic E-state index is 12.7. The Kier molecular flexibility index (Phi) is 7.02. The van der Waals surface area contributed by atoms with E-state index >= 15 is 0 Å². The summed E-state index contributed by atoms with van der Waals surface area (Å²) in [6.45, 7) is -0.851. The van der Waals surface area contributed by atoms with E-state index in [-0.39, 0.29) is 24.0 Å². The molecule has 0 bridgehead atoms. The average molecular weight is 365 g/mol. The van der Waals surface area contributed by atoms with Crippen LogP contribution in [0.5, 0.6) is 17.2 Å². The van der Waals surface area contributed by atoms with E-state index in [1.54, 1.807) is 44.4 Å². The number of methoxy groups -OCH3 is 1. The van der Waals surface area contributed by atoms with Crippen LogP contribution in [0.15, 0.2) is 47.5 Å². The number of hydrogen-bond acceptors (Lipinski definition) is 4. The maximum Gasteiger partial charge on any atom is 0.387 e. The Bertz CT molecular complexity index is 754. The summed E-state index contributed by atoms with van der Waals surface area (Å²) in [5.74, 6) is 0.903. The van der Waals surface area contributed by atoms with Crippen molar-refractivity contribution in [3.63, 3.8) is 0 Å². The standard InChI is InChI=1S/C18H21F2N3O3/c1-3-25-15-10-6-7-12(16(15)26-17(19)20)11-22-18(21)23-13-8-4-5-9-14(13)24-2/h4-10,17H,3,11H2,1-2H3,(H3,21,22,23). The molecule has 2 rings (SSSR count). The highest BCUT2D eigenvalue weighted by Gasteiger charge is 2.15. The van der Waals surface area contributed by atoms with Crippen LogP contribution in [0.4, 0.5) is 14.5 Å². The van der Waals surface area contributed by atoms with Crippen LogP contribution < -0.4 is 25.3 Å². The monoisotopic (exact) mass is 365 g/mol. The normalized spacial score (nSPS) is 11.3. The molecule has 0 heterocycles. The van der Waals surface area contributed by atoms with Gasteiger partial charge in [0.25, 0.3) is 0 Å². The topological polar surface area (TPSA) is 78.1 Å². The molecular formula is C18H21F2N3O3. The number of hydrogen-bond donors (Lipinski definition) is 2. The molecule has 0 fully saturated rings. The van der Waals surface area contributed by atoms with Gasteiger partial charge < -0.3 is 25.3 Å². The van der Waals surface area contributed by atoms with E-state index < -0.39 is 6.61 Å². The highest BCUT2D eigenvalue weighted by Crippen LogP contribution is 2.33. The molecule has 0 aliphatic rings. The quantitative estimate of drug-likeness (QED) is 0.552. The SMILES string of the molecule is CCOc1cccc(CN=C(N)Nc2ccccc2OC)c1OC(F)F. The molecule has 0 unspecified atom stereocenters. The number of nitrogens with zero attached hydrogens (tertiary/aromatic N) is 1. The number of ether oxygens (including phenoxy) is 3. The van der Waals surface area contributed by atoms with E-state index in [4.69, 9.17) is 15.2 Å². The molecule has 0 aromatic heterocycles. The van der Waals surface area contributed by atoms with Crippen molar-refractivity contribution in [2.45, 2.75) is 20.1 Å². The third-order valence-corrected chi connectivity index (χ3v) is 3.36. The second-order valence-corrected chi connectivity index (χ2v) is 5.08. The number of anilines is 1. The number of alkyl halides is 2. The molecule has 0 atom stereocenters. The van der Waals surface area contributed by atoms with Crippen LogP contribution in [0.2, 0.25) is 0 Å². The third kappa shape index (κ3) is 5.23. The van der Waals surface area contributed by atoms with Gasteiger partial charge in [-0.1, -0.05) is 24.3 Å². The van der Waals surface area contributed by atoms with Crippen molar-refractivity contribution in [3.05, 3.63) is 48.0 Å². The first-order chi connectivity index (χ1) is 12.5. The van der Waals surface area contributed by atoms with Gasteiger partial charge in [0, 0.05) is 5.56 Å². The first-order valence-corrected chi connectivity index (χ1v) is 7.94. The molecule has 0 saturated carbocycles. The summed E-state index contributed by atoms with van der Waals surface area (Å²) in [6, 6.07) is 12.1. The first kappa shape index (κ1) is 19.3. The Labute approximate surface area is 150 Å². The van der Waals surface area contributed by atoms with Gasteiger partial charge in [0.05, 0.1) is 25.9 Å². The fourth-order valence-electron chi connectivity index (χ4n) is 2.27. The predicted molar refractivity (Wildman–Crippen MR) is 96.2 cm³/mol. The van der Waals surface area contributed by atoms with Crippen molar-refractivity contribution in [2.24, 2.45) is 10.7 Å². The van der Waals surface area contributed by atoms with E-state index in [0.717, 1.165) is 0 Å². The van der Waals surface area contributed by atoms with Crippen molar-refractivity contribution >= 4 is 11.6 Å². The lowest BCUT2D eigenvalue weighted by molar-refractivity contribution is -0.0520. The average Bonchev–Trinajstić information content (AvgIpc) is 2.62. The zero-order valence-corrected chi connectivity index (χ0v) is 14.5. The largest absolute Gasteiger partial charge is 0.495 e. The number of nitrogens with one attached hydrogen (secondary N) is 1. The van der Waals surface area contributed by atoms with Crippen LogP contribution in [0.25, 0.3) is 0 Å². The van der Waals surface area contributed by atoms with Crippen LogP contribution in [-0.4, -0.2) is 26.3 Å². The fourth-order valence-corrected chi connectivity index (χ4v) is 2.27. The molecule has 0 saturated heterocycles. The number of nitrogens with two attached hydrogens (primary N) is 1. The van der Waals surface area contributed by atoms with E-state index in [1.807, 2.05) is 12.1 Å². The lowest BCUT2D eigenvalue weighted by atomic mass is 10.2. The van der Waals surface area contributed by atoms with Gasteiger partial charge in [-0.25, -0.2) is 4.99 Å². The van der Waals surface area contributed by atoms with Crippen molar-refractivity contribution < 1.29 is 23.0 Å². The van der Waals surface area contributed by atoms with Crippen molar-refractivity contribution in [3.8, 4) is 17.2 Å². The zero-order chi connectivity index (χ0) is 18.9. The number of guanidine groups is 1. The molecule has 0 spiro atoms. The van der Waals surface area contributed by atoms with Gasteiger partial charge in [0.15, 0.2) is 17.5 Å². The summed E-state index contributed by atoms with van der Waals surface area (Å²) in [6.07, 6.45) is 0. The Morgan fingerprint density at radius 2 is 1.88 bits per heavy atom. The summed E-state index contributed by atoms with van der Waals surface area (Å²) in [5, 5.41) is 2.91. The number of halogens is 2. The molecule has 3 N–H and O–H groups in total. The summed E-state index contributed by atoms with van der Waals surface area (Å²) in [7, 11) is 1.54. The van der Waals surface area contributed by atoms with E-state index in [2.05, 4.69) is 15.0 Å². The smallest absolute Gasteiger partial charge is 0.387 e. The molecule has 2 aromatic rings. The minimum Gasteiger partial charge on any atom is -0.495 e. The van der Waals surface area contributed by atoms with E-state index in [0.29, 0.717) is 23.6 Å². The van der Waals surface area contributed by atoms with Crippen LogP contribution >= 0.6 is 0 Å². The van der Waals surface area contributed by atoms with Crippen molar-refractivity contribution in [1.29, 1.82) is 0 Å². The molecule has 26 heavy (non-hydrogen) atoms. The molecule has 0 amide bonds. The molecule has 2 aromatic carbocycles. The second kappa shape index (κ2) is 9.45. The van der Waals surface area contributed by atoms with Gasteiger partial charge in [0.2, 0.25) is 0 Å². The predicted octanol–water partition coefficient (Wildman–Crippen LogP) is 3.62. The third-order valence-electron chi connectivity index (χ3n) is 3.36. The minimum absolute atomic E-state index is 0.0386. The Morgan fingerprint density at radius 1 is 1.15 bits per heavy atom. The number of para-hydroxylation sites is 3. The molecule has 0 aliphatic carbocycles. The lowest BCUT2D eigenvalue weighted by Gasteiger charge is -2.15. The van der Waals surface area contributed by atoms with E-state index in [9.17, 15) is 8.78 Å². The highest BCUT2D eigenvalue weighted by molar-refractivity contribution is 5.93. The number of rotatable bonds is 8. The molecule has 0 aliphatic heterocycles. The molecule has 140 valence electrons. The number of aliphatic imine (C=N–C) groups is 1. The highest BCUT2D eigenvalue weighted by atomic mass is 19.3. The van der Waals surface area contributed by atoms with E-state index in [1.165, 1.54) is 0 Å². The van der Waals surface area contributed by atoms with Gasteiger partial charge in [-0.3, -0.25) is 0 Å². The summed E-state index contributed by atoms with van der Waals surface area (Å²) in [4.78, 5) is 4.18. The first-order valence-electron chi connectivity index (χ1n) is 7.94. The molecule has 0 radical (unpaired) electrons. The molecule has 8 heteroatoms. The van der Waals surface area contributed by atoms with Gasteiger partial charge in [-0.05, 0) is 25.1 Å². The summed E-state index contributed by atoms with van der Waals surface area (Å²) >= 11 is 0. The summed E-state index contributed by atoms with van der Waals surface area (Å²) < 4.78 is 40.6. The van der Waals surface area contributed by atoms with Gasteiger partial charge in [-0.15, -0.1) is 0 Å². The second-order valence-electron chi connectivity index (χ2n) is 5.08. The summed E-state index contributed by atoms with van der Waals surface area (Å²) in [5.41, 5.74) is 6.96. The van der Waals surface area contributed by atoms with Crippen LogP contribution in [0, 0.1) is 0 Å². The van der Waals surface area contributed by atoms with Crippen LogP contribution in [-0.2, 0) is 6.54 Å². The molecule has 6 nitrogen and oxygen atoms in total. The van der Waals surface area contributed by atoms with Gasteiger partial charge in [-0.2, -0.15) is 8.78 Å². The zero-order valence-electron chi connectivity index (χ0n) is 14.5. The Morgan fingerprint density at radius 3 is 2.58 bits per heavy atom. The Hall–Kier alpha value is -3.03. The Balaban J connectivity index is 2.19. The van der Waals surface area contributed by atoms with Crippen LogP contribution in [0.1, 0.15) is 12.5 Å². The van der Waals surface area contributed by atoms with Crippen molar-refractivity contribution in [2.75, 3.05) is 19.0 Å².